The number of aromatic hydroxyl groups is 1. The molecule has 1 atom stereocenters. The number of phenolic OH excluding ortho intramolecular Hbond substituents is 1. The highest BCUT2D eigenvalue weighted by atomic mass is 79.9. The molecule has 0 bridgehead atoms. The van der Waals surface area contributed by atoms with E-state index in [0.29, 0.717) is 39.1 Å². The van der Waals surface area contributed by atoms with E-state index >= 15 is 0 Å². The molecule has 0 amide bonds. The molecule has 1 aromatic heterocycles. The molecule has 3 rings (SSSR count). The molecule has 152 valence electrons. The number of rotatable bonds is 6. The Hall–Kier alpha value is -2.19. The van der Waals surface area contributed by atoms with Gasteiger partial charge in [0.05, 0.1) is 28.2 Å². The molecule has 6 nitrogen and oxygen atoms in total. The molecule has 3 aromatic rings. The van der Waals surface area contributed by atoms with Crippen LogP contribution in [0.1, 0.15) is 44.5 Å². The minimum Gasteiger partial charge on any atom is -0.503 e. The van der Waals surface area contributed by atoms with Crippen molar-refractivity contribution in [3.8, 4) is 11.5 Å². The summed E-state index contributed by atoms with van der Waals surface area (Å²) in [5, 5.41) is 15.0. The largest absolute Gasteiger partial charge is 0.503 e. The Morgan fingerprint density at radius 2 is 2.03 bits per heavy atom. The SMILES string of the molecule is CCOc1cc(C=Nn2c([C@H](C)CC)nc3ccc(Br)cc3c2=O)cc(Br)c1O. The molecule has 0 aliphatic carbocycles. The van der Waals surface area contributed by atoms with Crippen molar-refractivity contribution in [2.24, 2.45) is 5.10 Å². The average Bonchev–Trinajstić information content (AvgIpc) is 2.70. The van der Waals surface area contributed by atoms with E-state index in [1.165, 1.54) is 4.68 Å². The Kier molecular flexibility index (Phi) is 6.74. The van der Waals surface area contributed by atoms with Gasteiger partial charge in [0.25, 0.3) is 5.56 Å². The van der Waals surface area contributed by atoms with Crippen molar-refractivity contribution < 1.29 is 9.84 Å². The Morgan fingerprint density at radius 1 is 1.28 bits per heavy atom. The molecule has 0 unspecified atom stereocenters. The summed E-state index contributed by atoms with van der Waals surface area (Å²) in [6.07, 6.45) is 2.38. The highest BCUT2D eigenvalue weighted by molar-refractivity contribution is 9.10. The fourth-order valence-corrected chi connectivity index (χ4v) is 3.66. The lowest BCUT2D eigenvalue weighted by Gasteiger charge is -2.14. The molecule has 0 saturated heterocycles. The lowest BCUT2D eigenvalue weighted by atomic mass is 10.1. The van der Waals surface area contributed by atoms with Gasteiger partial charge in [0.1, 0.15) is 5.82 Å². The number of aromatic nitrogens is 2. The third-order valence-corrected chi connectivity index (χ3v) is 5.66. The zero-order chi connectivity index (χ0) is 21.1. The van der Waals surface area contributed by atoms with Crippen molar-refractivity contribution in [3.05, 3.63) is 61.0 Å². The van der Waals surface area contributed by atoms with Crippen molar-refractivity contribution >= 4 is 49.0 Å². The van der Waals surface area contributed by atoms with Gasteiger partial charge in [-0.1, -0.05) is 29.8 Å². The molecule has 8 heteroatoms. The number of ether oxygens (including phenoxy) is 1. The van der Waals surface area contributed by atoms with Crippen LogP contribution in [0.3, 0.4) is 0 Å². The van der Waals surface area contributed by atoms with Crippen LogP contribution in [0.4, 0.5) is 0 Å². The van der Waals surface area contributed by atoms with Crippen LogP contribution < -0.4 is 10.3 Å². The summed E-state index contributed by atoms with van der Waals surface area (Å²) in [5.74, 6) is 1.03. The fraction of sp³-hybridized carbons (Fsp3) is 0.286. The van der Waals surface area contributed by atoms with Crippen LogP contribution in [0.25, 0.3) is 10.9 Å². The average molecular weight is 523 g/mol. The molecule has 0 radical (unpaired) electrons. The Bertz CT molecular complexity index is 1140. The summed E-state index contributed by atoms with van der Waals surface area (Å²) >= 11 is 6.73. The molecule has 29 heavy (non-hydrogen) atoms. The van der Waals surface area contributed by atoms with Gasteiger partial charge in [0, 0.05) is 10.4 Å². The Balaban J connectivity index is 2.16. The van der Waals surface area contributed by atoms with Gasteiger partial charge >= 0.3 is 0 Å². The maximum atomic E-state index is 13.1. The summed E-state index contributed by atoms with van der Waals surface area (Å²) in [4.78, 5) is 17.8. The monoisotopic (exact) mass is 521 g/mol. The molecule has 0 aliphatic rings. The van der Waals surface area contributed by atoms with Gasteiger partial charge in [-0.3, -0.25) is 4.79 Å². The first-order chi connectivity index (χ1) is 13.8. The van der Waals surface area contributed by atoms with Crippen molar-refractivity contribution in [1.82, 2.24) is 9.66 Å². The van der Waals surface area contributed by atoms with Gasteiger partial charge in [0.2, 0.25) is 0 Å². The van der Waals surface area contributed by atoms with E-state index in [1.54, 1.807) is 24.4 Å². The topological polar surface area (TPSA) is 76.7 Å². The second kappa shape index (κ2) is 9.09. The fourth-order valence-electron chi connectivity index (χ4n) is 2.84. The number of fused-ring (bicyclic) bond motifs is 1. The van der Waals surface area contributed by atoms with E-state index in [4.69, 9.17) is 9.72 Å². The number of hydrogen-bond acceptors (Lipinski definition) is 5. The van der Waals surface area contributed by atoms with Crippen LogP contribution in [0, 0.1) is 0 Å². The summed E-state index contributed by atoms with van der Waals surface area (Å²) < 4.78 is 8.10. The first kappa shape index (κ1) is 21.5. The van der Waals surface area contributed by atoms with Crippen LogP contribution in [-0.4, -0.2) is 27.6 Å². The zero-order valence-corrected chi connectivity index (χ0v) is 19.5. The molecule has 0 saturated carbocycles. The van der Waals surface area contributed by atoms with E-state index in [2.05, 4.69) is 37.0 Å². The predicted molar refractivity (Wildman–Crippen MR) is 122 cm³/mol. The van der Waals surface area contributed by atoms with Crippen molar-refractivity contribution in [1.29, 1.82) is 0 Å². The van der Waals surface area contributed by atoms with Crippen molar-refractivity contribution in [2.45, 2.75) is 33.1 Å². The number of hydrogen-bond donors (Lipinski definition) is 1. The molecular weight excluding hydrogens is 502 g/mol. The molecule has 0 fully saturated rings. The van der Waals surface area contributed by atoms with Crippen molar-refractivity contribution in [2.75, 3.05) is 6.61 Å². The molecule has 2 aromatic carbocycles. The Morgan fingerprint density at radius 3 is 2.72 bits per heavy atom. The maximum Gasteiger partial charge on any atom is 0.282 e. The quantitative estimate of drug-likeness (QED) is 0.438. The second-order valence-electron chi connectivity index (χ2n) is 6.58. The summed E-state index contributed by atoms with van der Waals surface area (Å²) in [5.41, 5.74) is 1.09. The van der Waals surface area contributed by atoms with Gasteiger partial charge < -0.3 is 9.84 Å². The first-order valence-corrected chi connectivity index (χ1v) is 10.9. The molecule has 1 N–H and O–H groups in total. The summed E-state index contributed by atoms with van der Waals surface area (Å²) in [6.45, 7) is 6.32. The normalized spacial score (nSPS) is 12.6. The van der Waals surface area contributed by atoms with Crippen LogP contribution in [0.5, 0.6) is 11.5 Å². The van der Waals surface area contributed by atoms with Gasteiger partial charge in [-0.05, 0) is 65.2 Å². The lowest BCUT2D eigenvalue weighted by molar-refractivity contribution is 0.317. The second-order valence-corrected chi connectivity index (χ2v) is 8.35. The third-order valence-electron chi connectivity index (χ3n) is 4.56. The van der Waals surface area contributed by atoms with Crippen molar-refractivity contribution in [3.63, 3.8) is 0 Å². The van der Waals surface area contributed by atoms with Crippen LogP contribution in [0.15, 0.2) is 49.2 Å². The summed E-state index contributed by atoms with van der Waals surface area (Å²) in [7, 11) is 0. The minimum atomic E-state index is -0.231. The van der Waals surface area contributed by atoms with Gasteiger partial charge in [0.15, 0.2) is 11.5 Å². The Labute approximate surface area is 185 Å². The lowest BCUT2D eigenvalue weighted by Crippen LogP contribution is -2.23. The molecule has 1 heterocycles. The number of nitrogens with zero attached hydrogens (tertiary/aromatic N) is 3. The number of benzene rings is 2. The van der Waals surface area contributed by atoms with E-state index in [-0.39, 0.29) is 17.2 Å². The van der Waals surface area contributed by atoms with Gasteiger partial charge in [-0.2, -0.15) is 9.78 Å². The minimum absolute atomic E-state index is 0.0266. The predicted octanol–water partition coefficient (Wildman–Crippen LogP) is 5.42. The van der Waals surface area contributed by atoms with Crippen LogP contribution in [-0.2, 0) is 0 Å². The van der Waals surface area contributed by atoms with E-state index in [9.17, 15) is 9.90 Å². The molecule has 0 aliphatic heterocycles. The molecule has 0 spiro atoms. The first-order valence-electron chi connectivity index (χ1n) is 9.27. The smallest absolute Gasteiger partial charge is 0.282 e. The maximum absolute atomic E-state index is 13.1. The highest BCUT2D eigenvalue weighted by Gasteiger charge is 2.16. The van der Waals surface area contributed by atoms with Gasteiger partial charge in [-0.15, -0.1) is 0 Å². The highest BCUT2D eigenvalue weighted by Crippen LogP contribution is 2.35. The third kappa shape index (κ3) is 4.53. The van der Waals surface area contributed by atoms with E-state index in [1.807, 2.05) is 32.9 Å². The van der Waals surface area contributed by atoms with E-state index in [0.717, 1.165) is 10.9 Å². The van der Waals surface area contributed by atoms with Crippen LogP contribution in [0.2, 0.25) is 0 Å². The standard InChI is InChI=1S/C21H21Br2N3O3/c1-4-12(3)20-25-17-7-6-14(22)10-15(17)21(28)26(20)24-11-13-8-16(23)19(27)18(9-13)29-5-2/h6-12,27H,4-5H2,1-3H3/t12-/m1/s1. The molecular formula is C21H21Br2N3O3. The zero-order valence-electron chi connectivity index (χ0n) is 16.3. The number of phenols is 1. The van der Waals surface area contributed by atoms with Crippen LogP contribution >= 0.6 is 31.9 Å². The van der Waals surface area contributed by atoms with E-state index < -0.39 is 0 Å². The number of halogens is 2. The van der Waals surface area contributed by atoms with Gasteiger partial charge in [-0.25, -0.2) is 4.98 Å². The summed E-state index contributed by atoms with van der Waals surface area (Å²) in [6, 6.07) is 8.83.